The zero-order valence-corrected chi connectivity index (χ0v) is 14.4. The van der Waals surface area contributed by atoms with Gasteiger partial charge >= 0.3 is 6.18 Å². The predicted molar refractivity (Wildman–Crippen MR) is 86.4 cm³/mol. The number of H-pyrrole nitrogens is 1. The van der Waals surface area contributed by atoms with Gasteiger partial charge in [-0.15, -0.1) is 0 Å². The summed E-state index contributed by atoms with van der Waals surface area (Å²) in [7, 11) is 1.57. The zero-order valence-electron chi connectivity index (χ0n) is 14.4. The molecule has 0 radical (unpaired) electrons. The molecule has 0 aliphatic carbocycles. The van der Waals surface area contributed by atoms with E-state index in [0.717, 1.165) is 23.9 Å². The molecule has 1 amide bonds. The number of piperidine rings is 1. The van der Waals surface area contributed by atoms with E-state index >= 15 is 0 Å². The summed E-state index contributed by atoms with van der Waals surface area (Å²) in [6.07, 6.45) is -1.99. The van der Waals surface area contributed by atoms with Crippen LogP contribution in [-0.2, 0) is 13.2 Å². The van der Waals surface area contributed by atoms with E-state index < -0.39 is 11.9 Å². The second kappa shape index (κ2) is 6.24. The van der Waals surface area contributed by atoms with Crippen molar-refractivity contribution in [3.05, 3.63) is 40.7 Å². The first-order valence-corrected chi connectivity index (χ1v) is 8.22. The number of alkyl halides is 3. The predicted octanol–water partition coefficient (Wildman–Crippen LogP) is 3.40. The van der Waals surface area contributed by atoms with Gasteiger partial charge in [-0.2, -0.15) is 13.2 Å². The molecular weight excluding hydrogens is 333 g/mol. The number of aryl methyl sites for hydroxylation is 3. The van der Waals surface area contributed by atoms with Crippen LogP contribution >= 0.6 is 0 Å². The average molecular weight is 354 g/mol. The zero-order chi connectivity index (χ0) is 18.4. The number of carbonyl (C=O) groups excluding carboxylic acids is 1. The van der Waals surface area contributed by atoms with Gasteiger partial charge in [-0.3, -0.25) is 4.79 Å². The Labute approximate surface area is 143 Å². The van der Waals surface area contributed by atoms with Crippen molar-refractivity contribution in [1.82, 2.24) is 19.4 Å². The van der Waals surface area contributed by atoms with Crippen LogP contribution < -0.4 is 0 Å². The lowest BCUT2D eigenvalue weighted by Crippen LogP contribution is -2.40. The van der Waals surface area contributed by atoms with Gasteiger partial charge in [-0.05, 0) is 38.3 Å². The van der Waals surface area contributed by atoms with Crippen molar-refractivity contribution in [2.45, 2.75) is 38.8 Å². The topological polar surface area (TPSA) is 53.9 Å². The molecule has 1 aliphatic rings. The van der Waals surface area contributed by atoms with Crippen molar-refractivity contribution in [2.24, 2.45) is 7.05 Å². The number of nitrogens with one attached hydrogen (secondary N) is 1. The Bertz CT molecular complexity index is 790. The van der Waals surface area contributed by atoms with Crippen LogP contribution in [0.2, 0.25) is 0 Å². The Hall–Kier alpha value is -2.25. The molecule has 5 nitrogen and oxygen atoms in total. The SMILES string of the molecule is Cc1cc(C)c(C(=O)N2CCC[C@H](c3nc(C(F)(F)F)cn3C)C2)[nH]1. The van der Waals surface area contributed by atoms with Crippen molar-refractivity contribution in [3.8, 4) is 0 Å². The largest absolute Gasteiger partial charge is 0.434 e. The van der Waals surface area contributed by atoms with Crippen molar-refractivity contribution < 1.29 is 18.0 Å². The number of likely N-dealkylation sites (tertiary alicyclic amines) is 1. The van der Waals surface area contributed by atoms with Crippen molar-refractivity contribution in [3.63, 3.8) is 0 Å². The second-order valence-corrected chi connectivity index (χ2v) is 6.69. The van der Waals surface area contributed by atoms with Gasteiger partial charge in [0.2, 0.25) is 0 Å². The molecule has 136 valence electrons. The summed E-state index contributed by atoms with van der Waals surface area (Å²) in [6, 6.07) is 1.91. The molecule has 2 aromatic rings. The molecule has 2 aromatic heterocycles. The maximum atomic E-state index is 12.9. The third kappa shape index (κ3) is 3.43. The number of hydrogen-bond donors (Lipinski definition) is 1. The highest BCUT2D eigenvalue weighted by Crippen LogP contribution is 2.32. The van der Waals surface area contributed by atoms with Crippen LogP contribution in [0, 0.1) is 13.8 Å². The van der Waals surface area contributed by atoms with Gasteiger partial charge < -0.3 is 14.5 Å². The van der Waals surface area contributed by atoms with Gasteiger partial charge in [-0.1, -0.05) is 0 Å². The summed E-state index contributed by atoms with van der Waals surface area (Å²) in [4.78, 5) is 21.3. The number of rotatable bonds is 2. The first kappa shape index (κ1) is 17.6. The summed E-state index contributed by atoms with van der Waals surface area (Å²) in [5.74, 6) is 0.0694. The lowest BCUT2D eigenvalue weighted by molar-refractivity contribution is -0.141. The van der Waals surface area contributed by atoms with Gasteiger partial charge in [0.05, 0.1) is 0 Å². The summed E-state index contributed by atoms with van der Waals surface area (Å²) >= 11 is 0. The minimum atomic E-state index is -4.46. The van der Waals surface area contributed by atoms with Crippen LogP contribution in [0.15, 0.2) is 12.3 Å². The maximum absolute atomic E-state index is 12.9. The fourth-order valence-corrected chi connectivity index (χ4v) is 3.48. The van der Waals surface area contributed by atoms with Crippen LogP contribution in [-0.4, -0.2) is 38.4 Å². The molecule has 1 fully saturated rings. The molecule has 1 saturated heterocycles. The minimum absolute atomic E-state index is 0.111. The Kier molecular flexibility index (Phi) is 4.38. The Morgan fingerprint density at radius 1 is 1.36 bits per heavy atom. The third-order valence-electron chi connectivity index (χ3n) is 4.64. The third-order valence-corrected chi connectivity index (χ3v) is 4.64. The van der Waals surface area contributed by atoms with E-state index in [4.69, 9.17) is 0 Å². The molecule has 1 aliphatic heterocycles. The number of hydrogen-bond acceptors (Lipinski definition) is 2. The molecule has 0 unspecified atom stereocenters. The van der Waals surface area contributed by atoms with Crippen LogP contribution in [0.3, 0.4) is 0 Å². The quantitative estimate of drug-likeness (QED) is 0.899. The molecule has 0 spiro atoms. The molecule has 1 atom stereocenters. The smallest absolute Gasteiger partial charge is 0.354 e. The van der Waals surface area contributed by atoms with E-state index in [-0.39, 0.29) is 11.8 Å². The van der Waals surface area contributed by atoms with Crippen LogP contribution in [0.4, 0.5) is 13.2 Å². The van der Waals surface area contributed by atoms with Gasteiger partial charge in [0, 0.05) is 37.9 Å². The van der Waals surface area contributed by atoms with Gasteiger partial charge in [0.1, 0.15) is 11.5 Å². The van der Waals surface area contributed by atoms with Crippen LogP contribution in [0.1, 0.15) is 52.0 Å². The van der Waals surface area contributed by atoms with Gasteiger partial charge in [0.15, 0.2) is 5.69 Å². The van der Waals surface area contributed by atoms with Crippen molar-refractivity contribution in [1.29, 1.82) is 0 Å². The van der Waals surface area contributed by atoms with E-state index in [2.05, 4.69) is 9.97 Å². The highest BCUT2D eigenvalue weighted by Gasteiger charge is 2.36. The first-order valence-electron chi connectivity index (χ1n) is 8.22. The average Bonchev–Trinajstić information content (AvgIpc) is 3.09. The highest BCUT2D eigenvalue weighted by atomic mass is 19.4. The van der Waals surface area contributed by atoms with E-state index in [0.29, 0.717) is 31.0 Å². The summed E-state index contributed by atoms with van der Waals surface area (Å²) in [5, 5.41) is 0. The standard InChI is InChI=1S/C17H21F3N4O/c1-10-7-11(2)21-14(10)16(25)24-6-4-5-12(8-24)15-22-13(9-23(15)3)17(18,19)20/h7,9,12,21H,4-6,8H2,1-3H3/t12-/m0/s1. The van der Waals surface area contributed by atoms with Gasteiger partial charge in [0.25, 0.3) is 5.91 Å². The van der Waals surface area contributed by atoms with E-state index in [1.165, 1.54) is 4.57 Å². The lowest BCUT2D eigenvalue weighted by Gasteiger charge is -2.32. The summed E-state index contributed by atoms with van der Waals surface area (Å²) < 4.78 is 40.1. The van der Waals surface area contributed by atoms with Crippen LogP contribution in [0.25, 0.3) is 0 Å². The Morgan fingerprint density at radius 3 is 2.64 bits per heavy atom. The second-order valence-electron chi connectivity index (χ2n) is 6.69. The molecule has 0 bridgehead atoms. The number of imidazole rings is 1. The number of aromatic amines is 1. The maximum Gasteiger partial charge on any atom is 0.434 e. The van der Waals surface area contributed by atoms with Crippen molar-refractivity contribution in [2.75, 3.05) is 13.1 Å². The monoisotopic (exact) mass is 354 g/mol. The lowest BCUT2D eigenvalue weighted by atomic mass is 9.96. The van der Waals surface area contributed by atoms with Gasteiger partial charge in [-0.25, -0.2) is 4.98 Å². The molecule has 3 heterocycles. The molecule has 3 rings (SSSR count). The first-order chi connectivity index (χ1) is 11.7. The number of aromatic nitrogens is 3. The molecule has 25 heavy (non-hydrogen) atoms. The van der Waals surface area contributed by atoms with Crippen LogP contribution in [0.5, 0.6) is 0 Å². The number of halogens is 3. The molecule has 0 aromatic carbocycles. The van der Waals surface area contributed by atoms with E-state index in [9.17, 15) is 18.0 Å². The number of amides is 1. The van der Waals surface area contributed by atoms with E-state index in [1.54, 1.807) is 11.9 Å². The normalized spacial score (nSPS) is 18.6. The fourth-order valence-electron chi connectivity index (χ4n) is 3.48. The summed E-state index contributed by atoms with van der Waals surface area (Å²) in [6.45, 7) is 4.73. The summed E-state index contributed by atoms with van der Waals surface area (Å²) in [5.41, 5.74) is 1.45. The Balaban J connectivity index is 1.81. The fraction of sp³-hybridized carbons (Fsp3) is 0.529. The number of carbonyl (C=O) groups is 1. The van der Waals surface area contributed by atoms with E-state index in [1.807, 2.05) is 19.9 Å². The van der Waals surface area contributed by atoms with Crippen molar-refractivity contribution >= 4 is 5.91 Å². The highest BCUT2D eigenvalue weighted by molar-refractivity contribution is 5.94. The molecule has 8 heteroatoms. The minimum Gasteiger partial charge on any atom is -0.354 e. The Morgan fingerprint density at radius 2 is 2.08 bits per heavy atom. The molecule has 1 N–H and O–H groups in total. The number of nitrogens with zero attached hydrogens (tertiary/aromatic N) is 3. The molecule has 0 saturated carbocycles. The molecular formula is C17H21F3N4O.